The first kappa shape index (κ1) is 25.0. The molecule has 1 N–H and O–H groups in total. The van der Waals surface area contributed by atoms with Crippen LogP contribution in [0.5, 0.6) is 0 Å². The topological polar surface area (TPSA) is 75.5 Å². The van der Waals surface area contributed by atoms with Crippen LogP contribution in [-0.4, -0.2) is 65.3 Å². The van der Waals surface area contributed by atoms with E-state index in [1.54, 1.807) is 16.7 Å². The lowest BCUT2D eigenvalue weighted by Crippen LogP contribution is -2.37. The number of hydrogen-bond donors (Lipinski definition) is 1. The van der Waals surface area contributed by atoms with Gasteiger partial charge in [-0.3, -0.25) is 9.36 Å². The van der Waals surface area contributed by atoms with Crippen molar-refractivity contribution in [2.24, 2.45) is 0 Å². The van der Waals surface area contributed by atoms with Gasteiger partial charge in [-0.05, 0) is 63.2 Å². The van der Waals surface area contributed by atoms with Gasteiger partial charge in [-0.15, -0.1) is 10.2 Å². The van der Waals surface area contributed by atoms with Crippen LogP contribution in [0.4, 0.5) is 21.7 Å². The number of carbonyl (C=O) groups is 1. The Labute approximate surface area is 209 Å². The van der Waals surface area contributed by atoms with E-state index in [2.05, 4.69) is 46.1 Å². The van der Waals surface area contributed by atoms with Gasteiger partial charge in [-0.25, -0.2) is 4.39 Å². The first-order valence-corrected chi connectivity index (χ1v) is 12.8. The number of anilines is 3. The molecule has 2 aromatic carbocycles. The number of halogens is 1. The van der Waals surface area contributed by atoms with E-state index in [9.17, 15) is 9.18 Å². The third-order valence-corrected chi connectivity index (χ3v) is 6.68. The summed E-state index contributed by atoms with van der Waals surface area (Å²) in [5, 5.41) is 12.1. The van der Waals surface area contributed by atoms with Crippen molar-refractivity contribution in [2.45, 2.75) is 32.0 Å². The Morgan fingerprint density at radius 2 is 1.91 bits per heavy atom. The smallest absolute Gasteiger partial charge is 0.234 e. The Bertz CT molecular complexity index is 1130. The molecule has 1 aliphatic rings. The van der Waals surface area contributed by atoms with Crippen LogP contribution in [0.25, 0.3) is 5.69 Å². The molecule has 8 nitrogen and oxygen atoms in total. The normalized spacial score (nSPS) is 13.8. The number of benzene rings is 2. The first-order valence-electron chi connectivity index (χ1n) is 11.8. The molecule has 35 heavy (non-hydrogen) atoms. The summed E-state index contributed by atoms with van der Waals surface area (Å²) in [4.78, 5) is 17.0. The average Bonchev–Trinajstić information content (AvgIpc) is 3.29. The molecule has 186 valence electrons. The number of nitrogens with one attached hydrogen (secondary N) is 1. The van der Waals surface area contributed by atoms with Gasteiger partial charge in [-0.2, -0.15) is 0 Å². The number of hydrogen-bond acceptors (Lipinski definition) is 7. The van der Waals surface area contributed by atoms with Crippen LogP contribution >= 0.6 is 11.8 Å². The summed E-state index contributed by atoms with van der Waals surface area (Å²) in [6.45, 7) is 9.87. The first-order chi connectivity index (χ1) is 17.0. The maximum atomic E-state index is 14.0. The number of nitrogens with zero attached hydrogens (tertiary/aromatic N) is 5. The number of rotatable bonds is 9. The lowest BCUT2D eigenvalue weighted by atomic mass is 10.2. The number of aromatic nitrogens is 3. The summed E-state index contributed by atoms with van der Waals surface area (Å²) in [6.07, 6.45) is 0. The second-order valence-electron chi connectivity index (χ2n) is 8.46. The molecule has 0 aliphatic carbocycles. The minimum atomic E-state index is -0.347. The summed E-state index contributed by atoms with van der Waals surface area (Å²) >= 11 is 1.26. The molecule has 1 fully saturated rings. The molecular weight excluding hydrogens is 467 g/mol. The lowest BCUT2D eigenvalue weighted by molar-refractivity contribution is -0.113. The zero-order valence-corrected chi connectivity index (χ0v) is 21.1. The van der Waals surface area contributed by atoms with E-state index in [4.69, 9.17) is 4.74 Å². The largest absolute Gasteiger partial charge is 0.378 e. The standard InChI is InChI=1S/C25H31FN6O2S/c1-4-31(18(2)3)21-10-8-20(9-11-21)27-23(33)17-35-25-29-28-24(30-12-14-34-15-13-30)32(25)22-7-5-6-19(26)16-22/h5-11,16,18H,4,12-15,17H2,1-3H3,(H,27,33). The Balaban J connectivity index is 1.46. The highest BCUT2D eigenvalue weighted by Gasteiger charge is 2.22. The summed E-state index contributed by atoms with van der Waals surface area (Å²) in [5.74, 6) is 0.259. The second kappa shape index (κ2) is 11.5. The third-order valence-electron chi connectivity index (χ3n) is 5.76. The zero-order valence-electron chi connectivity index (χ0n) is 20.3. The van der Waals surface area contributed by atoms with E-state index in [-0.39, 0.29) is 17.5 Å². The number of carbonyl (C=O) groups excluding carboxylic acids is 1. The summed E-state index contributed by atoms with van der Waals surface area (Å²) < 4.78 is 21.2. The van der Waals surface area contributed by atoms with Crippen molar-refractivity contribution in [3.05, 3.63) is 54.3 Å². The van der Waals surface area contributed by atoms with Gasteiger partial charge >= 0.3 is 0 Å². The fraction of sp³-hybridized carbons (Fsp3) is 0.400. The van der Waals surface area contributed by atoms with Crippen LogP contribution in [0.1, 0.15) is 20.8 Å². The van der Waals surface area contributed by atoms with Crippen molar-refractivity contribution in [3.63, 3.8) is 0 Å². The third kappa shape index (κ3) is 6.12. The van der Waals surface area contributed by atoms with Gasteiger partial charge in [0.1, 0.15) is 5.82 Å². The van der Waals surface area contributed by atoms with Crippen LogP contribution in [0.2, 0.25) is 0 Å². The summed E-state index contributed by atoms with van der Waals surface area (Å²) in [7, 11) is 0. The van der Waals surface area contributed by atoms with E-state index < -0.39 is 0 Å². The predicted octanol–water partition coefficient (Wildman–Crippen LogP) is 4.21. The van der Waals surface area contributed by atoms with Crippen LogP contribution in [-0.2, 0) is 9.53 Å². The van der Waals surface area contributed by atoms with Crippen molar-refractivity contribution in [1.29, 1.82) is 0 Å². The fourth-order valence-corrected chi connectivity index (χ4v) is 4.82. The molecule has 3 aromatic rings. The molecule has 0 atom stereocenters. The SMILES string of the molecule is CCN(c1ccc(NC(=O)CSc2nnc(N3CCOCC3)n2-c2cccc(F)c2)cc1)C(C)C. The van der Waals surface area contributed by atoms with Gasteiger partial charge in [-0.1, -0.05) is 17.8 Å². The van der Waals surface area contributed by atoms with Gasteiger partial charge < -0.3 is 19.9 Å². The Kier molecular flexibility index (Phi) is 8.25. The molecule has 0 bridgehead atoms. The van der Waals surface area contributed by atoms with Gasteiger partial charge in [0.05, 0.1) is 24.7 Å². The van der Waals surface area contributed by atoms with Crippen LogP contribution in [0.3, 0.4) is 0 Å². The molecule has 0 spiro atoms. The molecule has 1 aromatic heterocycles. The lowest BCUT2D eigenvalue weighted by Gasteiger charge is -2.28. The van der Waals surface area contributed by atoms with Crippen molar-refractivity contribution in [2.75, 3.05) is 53.7 Å². The summed E-state index contributed by atoms with van der Waals surface area (Å²) in [6, 6.07) is 14.5. The molecule has 1 aliphatic heterocycles. The van der Waals surface area contributed by atoms with E-state index >= 15 is 0 Å². The minimum absolute atomic E-state index is 0.144. The van der Waals surface area contributed by atoms with E-state index in [1.165, 1.54) is 23.9 Å². The van der Waals surface area contributed by atoms with E-state index in [0.717, 1.165) is 17.9 Å². The molecule has 0 radical (unpaired) electrons. The quantitative estimate of drug-likeness (QED) is 0.443. The molecule has 4 rings (SSSR count). The van der Waals surface area contributed by atoms with Crippen molar-refractivity contribution in [3.8, 4) is 5.69 Å². The number of ether oxygens (including phenoxy) is 1. The van der Waals surface area contributed by atoms with Gasteiger partial charge in [0.25, 0.3) is 0 Å². The second-order valence-corrected chi connectivity index (χ2v) is 9.40. The Hall–Kier alpha value is -3.11. The summed E-state index contributed by atoms with van der Waals surface area (Å²) in [5.41, 5.74) is 2.47. The van der Waals surface area contributed by atoms with E-state index in [1.807, 2.05) is 24.3 Å². The average molecular weight is 499 g/mol. The van der Waals surface area contributed by atoms with Crippen molar-refractivity contribution < 1.29 is 13.9 Å². The van der Waals surface area contributed by atoms with Crippen LogP contribution in [0, 0.1) is 5.82 Å². The van der Waals surface area contributed by atoms with Gasteiger partial charge in [0.15, 0.2) is 5.16 Å². The highest BCUT2D eigenvalue weighted by Crippen LogP contribution is 2.28. The molecule has 0 unspecified atom stereocenters. The molecular formula is C25H31FN6O2S. The highest BCUT2D eigenvalue weighted by molar-refractivity contribution is 7.99. The number of thioether (sulfide) groups is 1. The van der Waals surface area contributed by atoms with Crippen molar-refractivity contribution in [1.82, 2.24) is 14.8 Å². The molecule has 0 saturated carbocycles. The van der Waals surface area contributed by atoms with E-state index in [0.29, 0.717) is 49.1 Å². The zero-order chi connectivity index (χ0) is 24.8. The van der Waals surface area contributed by atoms with Gasteiger partial charge in [0.2, 0.25) is 11.9 Å². The monoisotopic (exact) mass is 498 g/mol. The molecule has 2 heterocycles. The Morgan fingerprint density at radius 1 is 1.17 bits per heavy atom. The molecule has 1 saturated heterocycles. The minimum Gasteiger partial charge on any atom is -0.378 e. The van der Waals surface area contributed by atoms with Crippen LogP contribution in [0.15, 0.2) is 53.7 Å². The highest BCUT2D eigenvalue weighted by atomic mass is 32.2. The number of amides is 1. The molecule has 10 heteroatoms. The van der Waals surface area contributed by atoms with Crippen molar-refractivity contribution >= 4 is 35.0 Å². The fourth-order valence-electron chi connectivity index (χ4n) is 4.07. The molecule has 1 amide bonds. The predicted molar refractivity (Wildman–Crippen MR) is 138 cm³/mol. The Morgan fingerprint density at radius 3 is 2.57 bits per heavy atom. The maximum Gasteiger partial charge on any atom is 0.234 e. The number of morpholine rings is 1. The van der Waals surface area contributed by atoms with Crippen LogP contribution < -0.4 is 15.1 Å². The maximum absolute atomic E-state index is 14.0. The van der Waals surface area contributed by atoms with Gasteiger partial charge in [0, 0.05) is 37.1 Å².